The van der Waals surface area contributed by atoms with E-state index in [2.05, 4.69) is 47.7 Å². The van der Waals surface area contributed by atoms with Crippen molar-refractivity contribution >= 4 is 30.9 Å². The second-order valence-corrected chi connectivity index (χ2v) is 18.0. The largest absolute Gasteiger partial charge is 0.413 e. The summed E-state index contributed by atoms with van der Waals surface area (Å²) in [6, 6.07) is 15.5. The molecule has 1 heterocycles. The molecule has 1 spiro atoms. The molecule has 2 aliphatic rings. The minimum Gasteiger partial charge on any atom is -0.413 e. The number of ketones is 1. The number of Topliss-reactive ketones (excluding diaryl/α,β-unsaturated/α-hetero) is 1. The van der Waals surface area contributed by atoms with E-state index in [9.17, 15) is 4.79 Å². The molecule has 1 fully saturated rings. The van der Waals surface area contributed by atoms with Crippen LogP contribution in [0.15, 0.2) is 54.6 Å². The molecule has 3 aromatic rings. The summed E-state index contributed by atoms with van der Waals surface area (Å²) in [5.74, 6) is -0.136. The van der Waals surface area contributed by atoms with Crippen molar-refractivity contribution in [3.05, 3.63) is 71.7 Å². The number of nitrogens with zero attached hydrogens (tertiary/aromatic N) is 1. The topological polar surface area (TPSA) is 39.2 Å². The van der Waals surface area contributed by atoms with E-state index in [1.54, 1.807) is 6.07 Å². The molecule has 0 amide bonds. The number of pyridine rings is 1. The molecule has 3 nitrogen and oxygen atoms in total. The first kappa shape index (κ1) is 26.0. The summed E-state index contributed by atoms with van der Waals surface area (Å²) >= 11 is 0. The van der Waals surface area contributed by atoms with E-state index in [0.29, 0.717) is 25.0 Å². The van der Waals surface area contributed by atoms with Gasteiger partial charge in [0.25, 0.3) is 0 Å². The summed E-state index contributed by atoms with van der Waals surface area (Å²) in [6.07, 6.45) is 5.40. The molecule has 194 valence electrons. The van der Waals surface area contributed by atoms with Gasteiger partial charge in [-0.15, -0.1) is 0 Å². The molecule has 2 atom stereocenters. The number of rotatable bonds is 3. The molecular weight excluding hydrogens is 477 g/mol. The predicted molar refractivity (Wildman–Crippen MR) is 152 cm³/mol. The zero-order valence-corrected chi connectivity index (χ0v) is 24.1. The first-order chi connectivity index (χ1) is 17.2. The molecule has 0 radical (unpaired) electrons. The minimum atomic E-state index is -2.02. The van der Waals surface area contributed by atoms with Gasteiger partial charge < -0.3 is 4.43 Å². The van der Waals surface area contributed by atoms with Crippen molar-refractivity contribution in [1.29, 1.82) is 0 Å². The van der Waals surface area contributed by atoms with Crippen molar-refractivity contribution in [2.75, 3.05) is 0 Å². The van der Waals surface area contributed by atoms with Crippen LogP contribution >= 0.6 is 0 Å². The van der Waals surface area contributed by atoms with Crippen LogP contribution in [-0.4, -0.2) is 25.2 Å². The number of carbonyl (C=O) groups is 1. The Morgan fingerprint density at radius 1 is 1.05 bits per heavy atom. The Labute approximate surface area is 221 Å². The van der Waals surface area contributed by atoms with Crippen molar-refractivity contribution < 1.29 is 13.6 Å². The standard InChI is InChI=1S/C32H38FNO2Si/c1-30(2,3)37(6,7)36-28-18-27(35)32(20-31(28,4)5)15-14-23-17-25(33)29(34-26(23)19-32)24-13-12-21-10-8-9-11-22(21)16-24/h8-17,28H,18-20H2,1-7H3/t28?,32-/m1/s1. The first-order valence-corrected chi connectivity index (χ1v) is 16.2. The summed E-state index contributed by atoms with van der Waals surface area (Å²) in [5, 5.41) is 2.24. The fraction of sp³-hybridized carbons (Fsp3) is 0.438. The minimum absolute atomic E-state index is 0.0814. The molecule has 5 heteroatoms. The number of aromatic nitrogens is 1. The number of carbonyl (C=O) groups excluding carboxylic acids is 1. The lowest BCUT2D eigenvalue weighted by molar-refractivity contribution is -0.138. The molecule has 0 saturated heterocycles. The van der Waals surface area contributed by atoms with Crippen molar-refractivity contribution in [3.8, 4) is 11.3 Å². The molecule has 1 saturated carbocycles. The SMILES string of the molecule is CC1(C)C[C@]2(C=Cc3cc(F)c(-c4ccc5ccccc5c4)nc3C2)C(=O)CC1O[Si](C)(C)C(C)(C)C. The third-order valence-electron chi connectivity index (χ3n) is 8.99. The summed E-state index contributed by atoms with van der Waals surface area (Å²) in [6.45, 7) is 15.6. The van der Waals surface area contributed by atoms with E-state index in [0.717, 1.165) is 27.6 Å². The lowest BCUT2D eigenvalue weighted by atomic mass is 9.58. The van der Waals surface area contributed by atoms with Gasteiger partial charge in [0.2, 0.25) is 0 Å². The molecule has 0 bridgehead atoms. The fourth-order valence-electron chi connectivity index (χ4n) is 5.69. The Morgan fingerprint density at radius 2 is 1.76 bits per heavy atom. The van der Waals surface area contributed by atoms with Gasteiger partial charge in [-0.1, -0.05) is 83.2 Å². The molecule has 5 rings (SSSR count). The Morgan fingerprint density at radius 3 is 2.46 bits per heavy atom. The van der Waals surface area contributed by atoms with Gasteiger partial charge in [-0.2, -0.15) is 0 Å². The van der Waals surface area contributed by atoms with Crippen molar-refractivity contribution in [2.24, 2.45) is 10.8 Å². The fourth-order valence-corrected chi connectivity index (χ4v) is 7.16. The zero-order chi connectivity index (χ0) is 26.8. The predicted octanol–water partition coefficient (Wildman–Crippen LogP) is 8.38. The summed E-state index contributed by atoms with van der Waals surface area (Å²) in [5.41, 5.74) is 1.84. The maximum Gasteiger partial charge on any atom is 0.192 e. The number of benzene rings is 2. The van der Waals surface area contributed by atoms with E-state index in [4.69, 9.17) is 9.41 Å². The zero-order valence-electron chi connectivity index (χ0n) is 23.1. The van der Waals surface area contributed by atoms with E-state index < -0.39 is 13.7 Å². The molecule has 1 aromatic heterocycles. The third-order valence-corrected chi connectivity index (χ3v) is 13.5. The molecule has 2 aromatic carbocycles. The van der Waals surface area contributed by atoms with Gasteiger partial charge in [-0.3, -0.25) is 4.79 Å². The second kappa shape index (κ2) is 8.71. The smallest absolute Gasteiger partial charge is 0.192 e. The lowest BCUT2D eigenvalue weighted by Crippen LogP contribution is -2.55. The molecule has 1 unspecified atom stereocenters. The average molecular weight is 516 g/mol. The Hall–Kier alpha value is -2.63. The van der Waals surface area contributed by atoms with Crippen LogP contribution < -0.4 is 0 Å². The highest BCUT2D eigenvalue weighted by Gasteiger charge is 2.53. The molecule has 2 aliphatic carbocycles. The molecule has 0 aliphatic heterocycles. The van der Waals surface area contributed by atoms with Crippen LogP contribution in [0.3, 0.4) is 0 Å². The highest BCUT2D eigenvalue weighted by atomic mass is 28.4. The van der Waals surface area contributed by atoms with E-state index in [1.807, 2.05) is 54.6 Å². The van der Waals surface area contributed by atoms with Crippen LogP contribution in [0.4, 0.5) is 4.39 Å². The summed E-state index contributed by atoms with van der Waals surface area (Å²) < 4.78 is 22.0. The van der Waals surface area contributed by atoms with Gasteiger partial charge in [0, 0.05) is 24.1 Å². The van der Waals surface area contributed by atoms with Gasteiger partial charge in [0.15, 0.2) is 8.32 Å². The third kappa shape index (κ3) is 4.61. The van der Waals surface area contributed by atoms with E-state index in [1.165, 1.54) is 0 Å². The van der Waals surface area contributed by atoms with Crippen molar-refractivity contribution in [3.63, 3.8) is 0 Å². The Kier molecular flexibility index (Phi) is 6.12. The number of fused-ring (bicyclic) bond motifs is 2. The van der Waals surface area contributed by atoms with Gasteiger partial charge in [0.1, 0.15) is 17.3 Å². The number of hydrogen-bond donors (Lipinski definition) is 0. The van der Waals surface area contributed by atoms with Gasteiger partial charge in [-0.05, 0) is 58.4 Å². The van der Waals surface area contributed by atoms with Crippen LogP contribution in [-0.2, 0) is 15.6 Å². The molecular formula is C32H38FNO2Si. The number of allylic oxidation sites excluding steroid dienone is 1. The van der Waals surface area contributed by atoms with Crippen LogP contribution in [0.2, 0.25) is 18.1 Å². The van der Waals surface area contributed by atoms with E-state index in [-0.39, 0.29) is 28.2 Å². The normalized spacial score (nSPS) is 23.5. The average Bonchev–Trinajstić information content (AvgIpc) is 2.81. The van der Waals surface area contributed by atoms with Crippen LogP contribution in [0.1, 0.15) is 58.7 Å². The van der Waals surface area contributed by atoms with Crippen LogP contribution in [0, 0.1) is 16.6 Å². The monoisotopic (exact) mass is 515 g/mol. The Bertz CT molecular complexity index is 1420. The molecule has 0 N–H and O–H groups in total. The number of halogens is 1. The Balaban J connectivity index is 1.46. The second-order valence-electron chi connectivity index (χ2n) is 13.2. The highest BCUT2D eigenvalue weighted by molar-refractivity contribution is 6.74. The number of hydrogen-bond acceptors (Lipinski definition) is 3. The first-order valence-electron chi connectivity index (χ1n) is 13.3. The van der Waals surface area contributed by atoms with Gasteiger partial charge in [-0.25, -0.2) is 9.37 Å². The van der Waals surface area contributed by atoms with Crippen LogP contribution in [0.5, 0.6) is 0 Å². The lowest BCUT2D eigenvalue weighted by Gasteiger charge is -2.51. The van der Waals surface area contributed by atoms with Crippen LogP contribution in [0.25, 0.3) is 28.1 Å². The van der Waals surface area contributed by atoms with E-state index >= 15 is 4.39 Å². The van der Waals surface area contributed by atoms with Crippen molar-refractivity contribution in [2.45, 2.75) is 78.1 Å². The van der Waals surface area contributed by atoms with Gasteiger partial charge in [0.05, 0.1) is 11.5 Å². The van der Waals surface area contributed by atoms with Crippen molar-refractivity contribution in [1.82, 2.24) is 4.98 Å². The quantitative estimate of drug-likeness (QED) is 0.329. The maximum absolute atomic E-state index is 15.2. The highest BCUT2D eigenvalue weighted by Crippen LogP contribution is 2.52. The molecule has 37 heavy (non-hydrogen) atoms. The van der Waals surface area contributed by atoms with Gasteiger partial charge >= 0.3 is 0 Å². The summed E-state index contributed by atoms with van der Waals surface area (Å²) in [7, 11) is -2.02. The summed E-state index contributed by atoms with van der Waals surface area (Å²) in [4.78, 5) is 18.6. The maximum atomic E-state index is 15.2.